The van der Waals surface area contributed by atoms with Gasteiger partial charge in [-0.3, -0.25) is 0 Å². The predicted octanol–water partition coefficient (Wildman–Crippen LogP) is 4.51. The SMILES string of the molecule is BrC(CCCCc1ccc2c(c1)CCO2)C1CC1. The van der Waals surface area contributed by atoms with Crippen molar-refractivity contribution in [2.24, 2.45) is 5.92 Å². The maximum atomic E-state index is 5.54. The number of alkyl halides is 1. The number of rotatable bonds is 6. The summed E-state index contributed by atoms with van der Waals surface area (Å²) in [6.07, 6.45) is 9.21. The number of unbranched alkanes of at least 4 members (excludes halogenated alkanes) is 1. The third-order valence-corrected chi connectivity index (χ3v) is 5.29. The molecule has 0 radical (unpaired) electrons. The van der Waals surface area contributed by atoms with E-state index in [1.807, 2.05) is 0 Å². The quantitative estimate of drug-likeness (QED) is 0.555. The second-order valence-electron chi connectivity index (χ2n) is 5.64. The number of fused-ring (bicyclic) bond motifs is 1. The molecule has 1 fully saturated rings. The first kappa shape index (κ1) is 12.5. The maximum Gasteiger partial charge on any atom is 0.122 e. The number of hydrogen-bond acceptors (Lipinski definition) is 1. The number of aryl methyl sites for hydroxylation is 1. The van der Waals surface area contributed by atoms with Crippen molar-refractivity contribution in [2.75, 3.05) is 6.61 Å². The molecular weight excluding hydrogens is 288 g/mol. The molecule has 2 heteroatoms. The smallest absolute Gasteiger partial charge is 0.122 e. The van der Waals surface area contributed by atoms with Gasteiger partial charge in [-0.15, -0.1) is 0 Å². The van der Waals surface area contributed by atoms with Gasteiger partial charge in [0.25, 0.3) is 0 Å². The summed E-state index contributed by atoms with van der Waals surface area (Å²) in [5.41, 5.74) is 2.89. The van der Waals surface area contributed by atoms with Crippen LogP contribution >= 0.6 is 15.9 Å². The molecule has 2 aliphatic rings. The lowest BCUT2D eigenvalue weighted by Gasteiger charge is -2.08. The van der Waals surface area contributed by atoms with Gasteiger partial charge in [-0.05, 0) is 55.2 Å². The lowest BCUT2D eigenvalue weighted by molar-refractivity contribution is 0.357. The van der Waals surface area contributed by atoms with Gasteiger partial charge < -0.3 is 4.74 Å². The summed E-state index contributed by atoms with van der Waals surface area (Å²) >= 11 is 3.82. The highest BCUT2D eigenvalue weighted by Gasteiger charge is 2.28. The molecule has 1 aromatic rings. The van der Waals surface area contributed by atoms with E-state index in [2.05, 4.69) is 34.1 Å². The molecule has 0 N–H and O–H groups in total. The molecular formula is C16H21BrO. The van der Waals surface area contributed by atoms with Gasteiger partial charge in [-0.2, -0.15) is 0 Å². The molecule has 1 aliphatic carbocycles. The molecule has 1 nitrogen and oxygen atoms in total. The minimum atomic E-state index is 0.783. The molecule has 0 saturated heterocycles. The van der Waals surface area contributed by atoms with Crippen LogP contribution < -0.4 is 4.74 Å². The van der Waals surface area contributed by atoms with Crippen LogP contribution in [0.25, 0.3) is 0 Å². The van der Waals surface area contributed by atoms with E-state index in [9.17, 15) is 0 Å². The van der Waals surface area contributed by atoms with Crippen molar-refractivity contribution in [3.05, 3.63) is 29.3 Å². The van der Waals surface area contributed by atoms with Gasteiger partial charge >= 0.3 is 0 Å². The fourth-order valence-corrected chi connectivity index (χ4v) is 3.61. The first-order valence-corrected chi connectivity index (χ1v) is 8.13. The van der Waals surface area contributed by atoms with Crippen LogP contribution in [-0.4, -0.2) is 11.4 Å². The van der Waals surface area contributed by atoms with Crippen molar-refractivity contribution in [3.63, 3.8) is 0 Å². The van der Waals surface area contributed by atoms with Gasteiger partial charge in [0.15, 0.2) is 0 Å². The Morgan fingerprint density at radius 2 is 2.17 bits per heavy atom. The first-order valence-electron chi connectivity index (χ1n) is 7.21. The fraction of sp³-hybridized carbons (Fsp3) is 0.625. The Balaban J connectivity index is 1.42. The third-order valence-electron chi connectivity index (χ3n) is 4.08. The van der Waals surface area contributed by atoms with E-state index in [-0.39, 0.29) is 0 Å². The third kappa shape index (κ3) is 3.09. The number of hydrogen-bond donors (Lipinski definition) is 0. The predicted molar refractivity (Wildman–Crippen MR) is 78.6 cm³/mol. The zero-order valence-electron chi connectivity index (χ0n) is 10.8. The molecule has 0 spiro atoms. The molecule has 1 unspecified atom stereocenters. The summed E-state index contributed by atoms with van der Waals surface area (Å²) in [5.74, 6) is 2.09. The van der Waals surface area contributed by atoms with Crippen molar-refractivity contribution >= 4 is 15.9 Å². The van der Waals surface area contributed by atoms with Gasteiger partial charge in [0, 0.05) is 11.2 Å². The van der Waals surface area contributed by atoms with E-state index in [0.717, 1.165) is 29.5 Å². The topological polar surface area (TPSA) is 9.23 Å². The van der Waals surface area contributed by atoms with Crippen LogP contribution in [-0.2, 0) is 12.8 Å². The second kappa shape index (κ2) is 5.64. The van der Waals surface area contributed by atoms with Crippen LogP contribution in [0.3, 0.4) is 0 Å². The first-order chi connectivity index (χ1) is 8.83. The van der Waals surface area contributed by atoms with Crippen LogP contribution in [0.2, 0.25) is 0 Å². The van der Waals surface area contributed by atoms with Gasteiger partial charge in [0.05, 0.1) is 6.61 Å². The molecule has 1 aromatic carbocycles. The van der Waals surface area contributed by atoms with Gasteiger partial charge in [-0.25, -0.2) is 0 Å². The van der Waals surface area contributed by atoms with Crippen LogP contribution in [0.15, 0.2) is 18.2 Å². The second-order valence-corrected chi connectivity index (χ2v) is 6.82. The van der Waals surface area contributed by atoms with Crippen molar-refractivity contribution in [3.8, 4) is 5.75 Å². The highest BCUT2D eigenvalue weighted by Crippen LogP contribution is 2.38. The van der Waals surface area contributed by atoms with E-state index in [1.54, 1.807) is 0 Å². The van der Waals surface area contributed by atoms with E-state index >= 15 is 0 Å². The maximum absolute atomic E-state index is 5.54. The molecule has 1 heterocycles. The lowest BCUT2D eigenvalue weighted by atomic mass is 10.0. The standard InChI is InChI=1S/C16H21BrO/c17-15(13-6-7-13)4-2-1-3-12-5-8-16-14(11-12)9-10-18-16/h5,8,11,13,15H,1-4,6-7,9-10H2. The molecule has 18 heavy (non-hydrogen) atoms. The van der Waals surface area contributed by atoms with Gasteiger partial charge in [0.2, 0.25) is 0 Å². The average Bonchev–Trinajstić information content (AvgIpc) is 3.13. The van der Waals surface area contributed by atoms with Crippen molar-refractivity contribution < 1.29 is 4.74 Å². The van der Waals surface area contributed by atoms with Crippen LogP contribution in [0.4, 0.5) is 0 Å². The Morgan fingerprint density at radius 3 is 3.00 bits per heavy atom. The van der Waals surface area contributed by atoms with Crippen LogP contribution in [0, 0.1) is 5.92 Å². The number of benzene rings is 1. The fourth-order valence-electron chi connectivity index (χ4n) is 2.76. The average molecular weight is 309 g/mol. The molecule has 98 valence electrons. The molecule has 3 rings (SSSR count). The summed E-state index contributed by atoms with van der Waals surface area (Å²) < 4.78 is 5.54. The molecule has 0 bridgehead atoms. The van der Waals surface area contributed by atoms with Gasteiger partial charge in [0.1, 0.15) is 5.75 Å². The van der Waals surface area contributed by atoms with Gasteiger partial charge in [-0.1, -0.05) is 34.5 Å². The van der Waals surface area contributed by atoms with E-state index < -0.39 is 0 Å². The minimum absolute atomic E-state index is 0.783. The molecule has 0 amide bonds. The summed E-state index contributed by atoms with van der Waals surface area (Å²) in [6, 6.07) is 6.72. The van der Waals surface area contributed by atoms with Crippen LogP contribution in [0.1, 0.15) is 43.2 Å². The Hall–Kier alpha value is -0.500. The van der Waals surface area contributed by atoms with Crippen LogP contribution in [0.5, 0.6) is 5.75 Å². The Kier molecular flexibility index (Phi) is 3.93. The monoisotopic (exact) mass is 308 g/mol. The lowest BCUT2D eigenvalue weighted by Crippen LogP contribution is -2.00. The van der Waals surface area contributed by atoms with E-state index in [0.29, 0.717) is 0 Å². The largest absolute Gasteiger partial charge is 0.493 e. The zero-order valence-corrected chi connectivity index (χ0v) is 12.4. The molecule has 0 aromatic heterocycles. The summed E-state index contributed by atoms with van der Waals surface area (Å²) in [5, 5.41) is 0. The normalized spacial score (nSPS) is 19.4. The summed E-state index contributed by atoms with van der Waals surface area (Å²) in [4.78, 5) is 0.783. The molecule has 1 aliphatic heterocycles. The number of ether oxygens (including phenoxy) is 1. The zero-order chi connectivity index (χ0) is 12.4. The molecule has 1 atom stereocenters. The van der Waals surface area contributed by atoms with Crippen molar-refractivity contribution in [1.82, 2.24) is 0 Å². The Labute approximate surface area is 118 Å². The van der Waals surface area contributed by atoms with Crippen molar-refractivity contribution in [2.45, 2.75) is 49.8 Å². The molecule has 1 saturated carbocycles. The van der Waals surface area contributed by atoms with Crippen molar-refractivity contribution in [1.29, 1.82) is 0 Å². The summed E-state index contributed by atoms with van der Waals surface area (Å²) in [6.45, 7) is 0.867. The summed E-state index contributed by atoms with van der Waals surface area (Å²) in [7, 11) is 0. The highest BCUT2D eigenvalue weighted by molar-refractivity contribution is 9.09. The number of halogens is 1. The minimum Gasteiger partial charge on any atom is -0.493 e. The van der Waals surface area contributed by atoms with E-state index in [1.165, 1.54) is 49.7 Å². The Morgan fingerprint density at radius 1 is 1.28 bits per heavy atom. The van der Waals surface area contributed by atoms with E-state index in [4.69, 9.17) is 4.74 Å². The highest BCUT2D eigenvalue weighted by atomic mass is 79.9. The Bertz CT molecular complexity index is 412.